The summed E-state index contributed by atoms with van der Waals surface area (Å²) in [7, 11) is 0. The maximum atomic E-state index is 12.2. The van der Waals surface area contributed by atoms with Crippen molar-refractivity contribution in [2.45, 2.75) is 49.8 Å². The van der Waals surface area contributed by atoms with Gasteiger partial charge < -0.3 is 10.0 Å². The van der Waals surface area contributed by atoms with E-state index in [2.05, 4.69) is 18.3 Å². The van der Waals surface area contributed by atoms with Crippen LogP contribution < -0.4 is 5.32 Å². The smallest absolute Gasteiger partial charge is 0.475 e. The maximum absolute atomic E-state index is 12.2. The molecule has 23 heavy (non-hydrogen) atoms. The second kappa shape index (κ2) is 8.40. The molecule has 0 aromatic heterocycles. The SMILES string of the molecule is CCC1N[C@H](C(=O)N2CCC[C@H]2C#N)CS1.O=C(O)C(F)(F)F. The van der Waals surface area contributed by atoms with Crippen molar-refractivity contribution < 1.29 is 27.9 Å². The quantitative estimate of drug-likeness (QED) is 0.783. The van der Waals surface area contributed by atoms with E-state index in [1.165, 1.54) is 0 Å². The van der Waals surface area contributed by atoms with Gasteiger partial charge in [-0.15, -0.1) is 11.8 Å². The minimum Gasteiger partial charge on any atom is -0.475 e. The third-order valence-electron chi connectivity index (χ3n) is 3.45. The fourth-order valence-corrected chi connectivity index (χ4v) is 3.44. The van der Waals surface area contributed by atoms with Gasteiger partial charge in [-0.05, 0) is 19.3 Å². The second-order valence-corrected chi connectivity index (χ2v) is 6.31. The number of nitriles is 1. The third-order valence-corrected chi connectivity index (χ3v) is 4.85. The molecular formula is C13H18F3N3O3S. The third kappa shape index (κ3) is 5.58. The number of hydrogen-bond donors (Lipinski definition) is 2. The first-order valence-electron chi connectivity index (χ1n) is 7.08. The van der Waals surface area contributed by atoms with Crippen LogP contribution in [0.1, 0.15) is 26.2 Å². The average molecular weight is 353 g/mol. The summed E-state index contributed by atoms with van der Waals surface area (Å²) in [4.78, 5) is 22.8. The number of thioether (sulfide) groups is 1. The molecule has 2 rings (SSSR count). The molecule has 2 saturated heterocycles. The van der Waals surface area contributed by atoms with Gasteiger partial charge in [0, 0.05) is 12.3 Å². The van der Waals surface area contributed by atoms with E-state index in [1.54, 1.807) is 16.7 Å². The highest BCUT2D eigenvalue weighted by molar-refractivity contribution is 8.00. The Balaban J connectivity index is 0.000000322. The lowest BCUT2D eigenvalue weighted by Gasteiger charge is -2.23. The first kappa shape index (κ1) is 19.6. The zero-order chi connectivity index (χ0) is 17.6. The Morgan fingerprint density at radius 1 is 1.48 bits per heavy atom. The Kier molecular flexibility index (Phi) is 7.15. The summed E-state index contributed by atoms with van der Waals surface area (Å²) in [6, 6.07) is 1.94. The molecule has 2 heterocycles. The Labute approximate surface area is 136 Å². The molecule has 0 bridgehead atoms. The summed E-state index contributed by atoms with van der Waals surface area (Å²) in [5.74, 6) is -1.80. The Bertz CT molecular complexity index is 481. The van der Waals surface area contributed by atoms with Gasteiger partial charge in [0.25, 0.3) is 0 Å². The van der Waals surface area contributed by atoms with Crippen LogP contribution in [0.25, 0.3) is 0 Å². The van der Waals surface area contributed by atoms with Gasteiger partial charge in [-0.25, -0.2) is 4.79 Å². The predicted molar refractivity (Wildman–Crippen MR) is 77.5 cm³/mol. The number of nitrogens with one attached hydrogen (secondary N) is 1. The number of aliphatic carboxylic acids is 1. The highest BCUT2D eigenvalue weighted by atomic mass is 32.2. The van der Waals surface area contributed by atoms with E-state index in [-0.39, 0.29) is 18.0 Å². The van der Waals surface area contributed by atoms with Gasteiger partial charge >= 0.3 is 12.1 Å². The van der Waals surface area contributed by atoms with Crippen LogP contribution in [-0.2, 0) is 9.59 Å². The van der Waals surface area contributed by atoms with Crippen LogP contribution in [0, 0.1) is 11.3 Å². The van der Waals surface area contributed by atoms with E-state index in [1.807, 2.05) is 0 Å². The van der Waals surface area contributed by atoms with Gasteiger partial charge in [0.15, 0.2) is 0 Å². The number of carboxylic acid groups (broad SMARTS) is 1. The summed E-state index contributed by atoms with van der Waals surface area (Å²) in [6.07, 6.45) is -2.25. The van der Waals surface area contributed by atoms with E-state index >= 15 is 0 Å². The zero-order valence-electron chi connectivity index (χ0n) is 12.5. The molecule has 1 unspecified atom stereocenters. The predicted octanol–water partition coefficient (Wildman–Crippen LogP) is 1.58. The number of carbonyl (C=O) groups is 2. The second-order valence-electron chi connectivity index (χ2n) is 5.07. The van der Waals surface area contributed by atoms with Crippen molar-refractivity contribution in [2.24, 2.45) is 0 Å². The van der Waals surface area contributed by atoms with Crippen LogP contribution >= 0.6 is 11.8 Å². The molecule has 0 aliphatic carbocycles. The minimum absolute atomic E-state index is 0.0797. The van der Waals surface area contributed by atoms with Crippen LogP contribution in [0.3, 0.4) is 0 Å². The molecule has 0 saturated carbocycles. The number of carbonyl (C=O) groups excluding carboxylic acids is 1. The molecule has 3 atom stereocenters. The normalized spacial score (nSPS) is 27.1. The maximum Gasteiger partial charge on any atom is 0.490 e. The van der Waals surface area contributed by atoms with Gasteiger partial charge in [0.2, 0.25) is 5.91 Å². The molecular weight excluding hydrogens is 335 g/mol. The zero-order valence-corrected chi connectivity index (χ0v) is 13.3. The number of hydrogen-bond acceptors (Lipinski definition) is 5. The number of halogens is 3. The molecule has 2 N–H and O–H groups in total. The van der Waals surface area contributed by atoms with E-state index in [9.17, 15) is 18.0 Å². The van der Waals surface area contributed by atoms with Crippen molar-refractivity contribution in [1.29, 1.82) is 5.26 Å². The summed E-state index contributed by atoms with van der Waals surface area (Å²) < 4.78 is 31.7. The fourth-order valence-electron chi connectivity index (χ4n) is 2.28. The average Bonchev–Trinajstić information content (AvgIpc) is 3.14. The summed E-state index contributed by atoms with van der Waals surface area (Å²) in [6.45, 7) is 2.86. The summed E-state index contributed by atoms with van der Waals surface area (Å²) in [5.41, 5.74) is 0. The lowest BCUT2D eigenvalue weighted by atomic mass is 10.2. The van der Waals surface area contributed by atoms with Gasteiger partial charge in [-0.1, -0.05) is 6.92 Å². The number of rotatable bonds is 2. The number of alkyl halides is 3. The molecule has 0 spiro atoms. The van der Waals surface area contributed by atoms with Crippen molar-refractivity contribution >= 4 is 23.6 Å². The number of likely N-dealkylation sites (tertiary alicyclic amines) is 1. The highest BCUT2D eigenvalue weighted by Gasteiger charge is 2.38. The highest BCUT2D eigenvalue weighted by Crippen LogP contribution is 2.25. The van der Waals surface area contributed by atoms with Crippen LogP contribution in [0.2, 0.25) is 0 Å². The Morgan fingerprint density at radius 3 is 2.52 bits per heavy atom. The molecule has 0 aromatic rings. The van der Waals surface area contributed by atoms with Crippen molar-refractivity contribution in [3.63, 3.8) is 0 Å². The van der Waals surface area contributed by atoms with Gasteiger partial charge in [-0.2, -0.15) is 18.4 Å². The lowest BCUT2D eigenvalue weighted by Crippen LogP contribution is -2.47. The van der Waals surface area contributed by atoms with E-state index in [0.29, 0.717) is 5.37 Å². The van der Waals surface area contributed by atoms with Gasteiger partial charge in [0.05, 0.1) is 17.5 Å². The monoisotopic (exact) mass is 353 g/mol. The number of carboxylic acids is 1. The van der Waals surface area contributed by atoms with Crippen molar-refractivity contribution in [2.75, 3.05) is 12.3 Å². The molecule has 130 valence electrons. The van der Waals surface area contributed by atoms with Crippen LogP contribution in [0.15, 0.2) is 0 Å². The van der Waals surface area contributed by atoms with Gasteiger partial charge in [-0.3, -0.25) is 10.1 Å². The van der Waals surface area contributed by atoms with E-state index < -0.39 is 12.1 Å². The molecule has 1 amide bonds. The molecule has 6 nitrogen and oxygen atoms in total. The van der Waals surface area contributed by atoms with E-state index in [0.717, 1.165) is 31.6 Å². The molecule has 2 aliphatic rings. The van der Waals surface area contributed by atoms with Crippen LogP contribution in [0.5, 0.6) is 0 Å². The molecule has 10 heteroatoms. The Morgan fingerprint density at radius 2 is 2.09 bits per heavy atom. The number of amides is 1. The molecule has 0 aromatic carbocycles. The fraction of sp³-hybridized carbons (Fsp3) is 0.769. The Hall–Kier alpha value is -1.47. The molecule has 0 radical (unpaired) electrons. The van der Waals surface area contributed by atoms with Crippen molar-refractivity contribution in [1.82, 2.24) is 10.2 Å². The molecule has 2 aliphatic heterocycles. The van der Waals surface area contributed by atoms with E-state index in [4.69, 9.17) is 15.2 Å². The minimum atomic E-state index is -5.08. The molecule has 2 fully saturated rings. The van der Waals surface area contributed by atoms with Crippen LogP contribution in [-0.4, -0.2) is 57.8 Å². The number of nitrogens with zero attached hydrogens (tertiary/aromatic N) is 2. The first-order valence-corrected chi connectivity index (χ1v) is 8.13. The summed E-state index contributed by atoms with van der Waals surface area (Å²) >= 11 is 1.80. The standard InChI is InChI=1S/C11H17N3OS.C2HF3O2/c1-2-10-13-9(7-16-10)11(15)14-5-3-4-8(14)6-12;3-2(4,5)1(6)7/h8-10,13H,2-5,7H2,1H3;(H,6,7)/t8-,9-,10?;/m0./s1. The largest absolute Gasteiger partial charge is 0.490 e. The summed E-state index contributed by atoms with van der Waals surface area (Å²) in [5, 5.41) is 19.8. The van der Waals surface area contributed by atoms with Gasteiger partial charge in [0.1, 0.15) is 6.04 Å². The van der Waals surface area contributed by atoms with Crippen molar-refractivity contribution in [3.05, 3.63) is 0 Å². The lowest BCUT2D eigenvalue weighted by molar-refractivity contribution is -0.192. The first-order chi connectivity index (χ1) is 10.7. The van der Waals surface area contributed by atoms with Crippen molar-refractivity contribution in [3.8, 4) is 6.07 Å². The topological polar surface area (TPSA) is 93.4 Å². The van der Waals surface area contributed by atoms with Crippen LogP contribution in [0.4, 0.5) is 13.2 Å².